The summed E-state index contributed by atoms with van der Waals surface area (Å²) < 4.78 is 5.81. The van der Waals surface area contributed by atoms with Crippen LogP contribution in [0.5, 0.6) is 5.75 Å². The molecule has 1 amide bonds. The van der Waals surface area contributed by atoms with Crippen LogP contribution >= 0.6 is 0 Å². The number of benzene rings is 1. The molecule has 2 aliphatic heterocycles. The maximum absolute atomic E-state index is 12.3. The SMILES string of the molecule is CCN(CC)CCOc1ccc(CNC(=O)CC2CC3CCC(C2)N3)cc1. The van der Waals surface area contributed by atoms with Crippen LogP contribution in [0.3, 0.4) is 0 Å². The van der Waals surface area contributed by atoms with E-state index in [2.05, 4.69) is 29.4 Å². The van der Waals surface area contributed by atoms with Gasteiger partial charge in [0.15, 0.2) is 0 Å². The van der Waals surface area contributed by atoms with Gasteiger partial charge in [-0.3, -0.25) is 4.79 Å². The molecule has 0 aromatic heterocycles. The molecule has 0 radical (unpaired) electrons. The molecule has 2 atom stereocenters. The lowest BCUT2D eigenvalue weighted by Gasteiger charge is -2.28. The molecular formula is C22H35N3O2. The molecular weight excluding hydrogens is 338 g/mol. The largest absolute Gasteiger partial charge is 0.492 e. The van der Waals surface area contributed by atoms with Crippen molar-refractivity contribution in [1.29, 1.82) is 0 Å². The number of carbonyl (C=O) groups excluding carboxylic acids is 1. The number of likely N-dealkylation sites (N-methyl/N-ethyl adjacent to an activating group) is 1. The van der Waals surface area contributed by atoms with Gasteiger partial charge in [-0.2, -0.15) is 0 Å². The molecule has 2 N–H and O–H groups in total. The highest BCUT2D eigenvalue weighted by molar-refractivity contribution is 5.76. The molecule has 1 aromatic carbocycles. The van der Waals surface area contributed by atoms with E-state index in [1.165, 1.54) is 12.8 Å². The van der Waals surface area contributed by atoms with Crippen molar-refractivity contribution in [2.24, 2.45) is 5.92 Å². The van der Waals surface area contributed by atoms with Crippen LogP contribution in [0.2, 0.25) is 0 Å². The number of hydrogen-bond acceptors (Lipinski definition) is 4. The van der Waals surface area contributed by atoms with E-state index >= 15 is 0 Å². The highest BCUT2D eigenvalue weighted by Gasteiger charge is 2.34. The number of rotatable bonds is 10. The van der Waals surface area contributed by atoms with Crippen LogP contribution < -0.4 is 15.4 Å². The number of fused-ring (bicyclic) bond motifs is 2. The van der Waals surface area contributed by atoms with E-state index in [1.54, 1.807) is 0 Å². The summed E-state index contributed by atoms with van der Waals surface area (Å²) in [5.74, 6) is 1.62. The van der Waals surface area contributed by atoms with Crippen LogP contribution in [0.1, 0.15) is 51.5 Å². The Kier molecular flexibility index (Phi) is 7.53. The number of ether oxygens (including phenoxy) is 1. The summed E-state index contributed by atoms with van der Waals surface area (Å²) in [6.45, 7) is 8.69. The van der Waals surface area contributed by atoms with Crippen LogP contribution in [0.25, 0.3) is 0 Å². The van der Waals surface area contributed by atoms with Crippen molar-refractivity contribution in [1.82, 2.24) is 15.5 Å². The van der Waals surface area contributed by atoms with Crippen molar-refractivity contribution >= 4 is 5.91 Å². The van der Waals surface area contributed by atoms with Gasteiger partial charge < -0.3 is 20.3 Å². The first-order chi connectivity index (χ1) is 13.2. The average molecular weight is 374 g/mol. The number of carbonyl (C=O) groups is 1. The normalized spacial score (nSPS) is 24.2. The second-order valence-corrected chi connectivity index (χ2v) is 7.98. The molecule has 2 heterocycles. The van der Waals surface area contributed by atoms with E-state index in [1.807, 2.05) is 24.3 Å². The fourth-order valence-electron chi connectivity index (χ4n) is 4.41. The van der Waals surface area contributed by atoms with Crippen molar-refractivity contribution < 1.29 is 9.53 Å². The second kappa shape index (κ2) is 10.1. The summed E-state index contributed by atoms with van der Waals surface area (Å²) in [5.41, 5.74) is 1.12. The summed E-state index contributed by atoms with van der Waals surface area (Å²) in [6, 6.07) is 9.37. The molecule has 0 aliphatic carbocycles. The van der Waals surface area contributed by atoms with Crippen molar-refractivity contribution in [2.45, 2.75) is 64.6 Å². The third-order valence-corrected chi connectivity index (χ3v) is 6.03. The van der Waals surface area contributed by atoms with Crippen LogP contribution in [-0.2, 0) is 11.3 Å². The summed E-state index contributed by atoms with van der Waals surface area (Å²) in [6.07, 6.45) is 5.55. The maximum atomic E-state index is 12.3. The monoisotopic (exact) mass is 373 g/mol. The molecule has 0 saturated carbocycles. The fraction of sp³-hybridized carbons (Fsp3) is 0.682. The van der Waals surface area contributed by atoms with Crippen molar-refractivity contribution in [3.8, 4) is 5.75 Å². The van der Waals surface area contributed by atoms with E-state index < -0.39 is 0 Å². The molecule has 5 heteroatoms. The number of hydrogen-bond donors (Lipinski definition) is 2. The molecule has 0 spiro atoms. The second-order valence-electron chi connectivity index (χ2n) is 7.98. The molecule has 2 bridgehead atoms. The molecule has 27 heavy (non-hydrogen) atoms. The Balaban J connectivity index is 1.35. The Morgan fingerprint density at radius 3 is 2.44 bits per heavy atom. The Labute approximate surface area is 163 Å². The van der Waals surface area contributed by atoms with Gasteiger partial charge >= 0.3 is 0 Å². The summed E-state index contributed by atoms with van der Waals surface area (Å²) in [7, 11) is 0. The van der Waals surface area contributed by atoms with E-state index in [-0.39, 0.29) is 5.91 Å². The minimum atomic E-state index is 0.181. The first kappa shape index (κ1) is 20.2. The zero-order valence-corrected chi connectivity index (χ0v) is 16.9. The van der Waals surface area contributed by atoms with Gasteiger partial charge in [0.25, 0.3) is 0 Å². The molecule has 2 aliphatic rings. The van der Waals surface area contributed by atoms with E-state index in [0.717, 1.165) is 43.8 Å². The Hall–Kier alpha value is -1.59. The van der Waals surface area contributed by atoms with Gasteiger partial charge in [0.1, 0.15) is 12.4 Å². The summed E-state index contributed by atoms with van der Waals surface area (Å²) >= 11 is 0. The van der Waals surface area contributed by atoms with E-state index in [0.29, 0.717) is 37.6 Å². The predicted octanol–water partition coefficient (Wildman–Crippen LogP) is 2.94. The average Bonchev–Trinajstić information content (AvgIpc) is 3.03. The van der Waals surface area contributed by atoms with Gasteiger partial charge in [-0.1, -0.05) is 26.0 Å². The minimum Gasteiger partial charge on any atom is -0.492 e. The molecule has 2 saturated heterocycles. The van der Waals surface area contributed by atoms with Crippen molar-refractivity contribution in [3.05, 3.63) is 29.8 Å². The lowest BCUT2D eigenvalue weighted by molar-refractivity contribution is -0.122. The van der Waals surface area contributed by atoms with Gasteiger partial charge in [-0.25, -0.2) is 0 Å². The zero-order valence-electron chi connectivity index (χ0n) is 16.9. The summed E-state index contributed by atoms with van der Waals surface area (Å²) in [5, 5.41) is 6.72. The quantitative estimate of drug-likeness (QED) is 0.662. The third-order valence-electron chi connectivity index (χ3n) is 6.03. The highest BCUT2D eigenvalue weighted by atomic mass is 16.5. The summed E-state index contributed by atoms with van der Waals surface area (Å²) in [4.78, 5) is 14.6. The van der Waals surface area contributed by atoms with Crippen molar-refractivity contribution in [3.63, 3.8) is 0 Å². The minimum absolute atomic E-state index is 0.181. The topological polar surface area (TPSA) is 53.6 Å². The van der Waals surface area contributed by atoms with Gasteiger partial charge in [0, 0.05) is 31.6 Å². The number of nitrogens with zero attached hydrogens (tertiary/aromatic N) is 1. The van der Waals surface area contributed by atoms with Crippen LogP contribution in [0, 0.1) is 5.92 Å². The molecule has 2 unspecified atom stereocenters. The number of piperidine rings is 1. The third kappa shape index (κ3) is 6.22. The van der Waals surface area contributed by atoms with Crippen LogP contribution in [-0.4, -0.2) is 49.1 Å². The van der Waals surface area contributed by atoms with E-state index in [9.17, 15) is 4.79 Å². The molecule has 3 rings (SSSR count). The molecule has 5 nitrogen and oxygen atoms in total. The molecule has 150 valence electrons. The van der Waals surface area contributed by atoms with Crippen LogP contribution in [0.15, 0.2) is 24.3 Å². The van der Waals surface area contributed by atoms with Gasteiger partial charge in [-0.15, -0.1) is 0 Å². The Morgan fingerprint density at radius 1 is 1.15 bits per heavy atom. The van der Waals surface area contributed by atoms with Crippen LogP contribution in [0.4, 0.5) is 0 Å². The fourth-order valence-corrected chi connectivity index (χ4v) is 4.41. The molecule has 1 aromatic rings. The number of amides is 1. The smallest absolute Gasteiger partial charge is 0.220 e. The molecule has 2 fully saturated rings. The number of nitrogens with one attached hydrogen (secondary N) is 2. The van der Waals surface area contributed by atoms with Gasteiger partial charge in [-0.05, 0) is 62.4 Å². The first-order valence-electron chi connectivity index (χ1n) is 10.6. The predicted molar refractivity (Wildman–Crippen MR) is 109 cm³/mol. The Bertz CT molecular complexity index is 574. The lowest BCUT2D eigenvalue weighted by Crippen LogP contribution is -2.39. The zero-order chi connectivity index (χ0) is 19.1. The standard InChI is InChI=1S/C22H35N3O2/c1-3-25(4-2)11-12-27-21-9-5-17(6-10-21)16-23-22(26)15-18-13-19-7-8-20(14-18)24-19/h5-6,9-10,18-20,24H,3-4,7-8,11-16H2,1-2H3,(H,23,26). The van der Waals surface area contributed by atoms with Gasteiger partial charge in [0.05, 0.1) is 0 Å². The highest BCUT2D eigenvalue weighted by Crippen LogP contribution is 2.32. The maximum Gasteiger partial charge on any atom is 0.220 e. The van der Waals surface area contributed by atoms with Gasteiger partial charge in [0.2, 0.25) is 5.91 Å². The Morgan fingerprint density at radius 2 is 1.81 bits per heavy atom. The van der Waals surface area contributed by atoms with Crippen molar-refractivity contribution in [2.75, 3.05) is 26.2 Å². The lowest BCUT2D eigenvalue weighted by atomic mass is 9.89. The van der Waals surface area contributed by atoms with E-state index in [4.69, 9.17) is 4.74 Å². The first-order valence-corrected chi connectivity index (χ1v) is 10.6.